The van der Waals surface area contributed by atoms with Gasteiger partial charge in [-0.15, -0.1) is 11.3 Å². The maximum absolute atomic E-state index is 12.5. The molecule has 0 fully saturated rings. The molecule has 116 valence electrons. The maximum atomic E-state index is 12.5. The van der Waals surface area contributed by atoms with Gasteiger partial charge >= 0.3 is 6.18 Å². The van der Waals surface area contributed by atoms with Gasteiger partial charge in [-0.3, -0.25) is 20.4 Å². The van der Waals surface area contributed by atoms with Crippen molar-refractivity contribution in [2.45, 2.75) is 13.1 Å². The molecule has 0 aliphatic rings. The van der Waals surface area contributed by atoms with Gasteiger partial charge in [-0.05, 0) is 30.5 Å². The molecule has 0 atom stereocenters. The Labute approximate surface area is 127 Å². The second kappa shape index (κ2) is 6.14. The van der Waals surface area contributed by atoms with Gasteiger partial charge in [0, 0.05) is 0 Å². The average molecular weight is 329 g/mol. The number of pyridine rings is 1. The fraction of sp³-hybridized carbons (Fsp3) is 0.154. The highest BCUT2D eigenvalue weighted by Gasteiger charge is 2.33. The van der Waals surface area contributed by atoms with E-state index in [2.05, 4.69) is 15.8 Å². The average Bonchev–Trinajstić information content (AvgIpc) is 2.97. The number of hydrazine groups is 1. The Balaban J connectivity index is 2.05. The van der Waals surface area contributed by atoms with E-state index in [-0.39, 0.29) is 11.3 Å². The lowest BCUT2D eigenvalue weighted by atomic mass is 10.1. The van der Waals surface area contributed by atoms with Gasteiger partial charge in [0.25, 0.3) is 11.8 Å². The van der Waals surface area contributed by atoms with Crippen LogP contribution in [0.15, 0.2) is 29.6 Å². The molecule has 2 heterocycles. The number of alkyl halides is 3. The largest absolute Gasteiger partial charge is 0.433 e. The van der Waals surface area contributed by atoms with Gasteiger partial charge in [-0.25, -0.2) is 4.98 Å². The minimum absolute atomic E-state index is 0.0560. The first-order valence-electron chi connectivity index (χ1n) is 5.98. The number of amides is 2. The summed E-state index contributed by atoms with van der Waals surface area (Å²) in [6.07, 6.45) is -4.58. The number of carbonyl (C=O) groups is 2. The highest BCUT2D eigenvalue weighted by molar-refractivity contribution is 7.12. The second-order valence-corrected chi connectivity index (χ2v) is 5.16. The predicted octanol–water partition coefficient (Wildman–Crippen LogP) is 2.55. The van der Waals surface area contributed by atoms with Crippen LogP contribution in [0.25, 0.3) is 0 Å². The van der Waals surface area contributed by atoms with Gasteiger partial charge in [0.1, 0.15) is 5.69 Å². The zero-order chi connectivity index (χ0) is 16.3. The van der Waals surface area contributed by atoms with Crippen molar-refractivity contribution in [2.75, 3.05) is 0 Å². The smallest absolute Gasteiger partial charge is 0.267 e. The molecule has 0 aromatic carbocycles. The van der Waals surface area contributed by atoms with Crippen LogP contribution in [-0.4, -0.2) is 16.8 Å². The van der Waals surface area contributed by atoms with E-state index < -0.39 is 23.7 Å². The molecular weight excluding hydrogens is 319 g/mol. The second-order valence-electron chi connectivity index (χ2n) is 4.21. The zero-order valence-electron chi connectivity index (χ0n) is 11.2. The lowest BCUT2D eigenvalue weighted by Gasteiger charge is -2.10. The Bertz CT molecular complexity index is 699. The Morgan fingerprint density at radius 1 is 1.14 bits per heavy atom. The summed E-state index contributed by atoms with van der Waals surface area (Å²) in [6.45, 7) is 1.28. The number of rotatable bonds is 2. The van der Waals surface area contributed by atoms with Gasteiger partial charge in [-0.1, -0.05) is 6.07 Å². The Morgan fingerprint density at radius 3 is 2.36 bits per heavy atom. The number of thiophene rings is 1. The summed E-state index contributed by atoms with van der Waals surface area (Å²) >= 11 is 1.19. The molecule has 2 rings (SSSR count). The number of nitrogens with one attached hydrogen (secondary N) is 2. The molecule has 0 saturated heterocycles. The zero-order valence-corrected chi connectivity index (χ0v) is 12.0. The Kier molecular flexibility index (Phi) is 4.45. The van der Waals surface area contributed by atoms with Crippen LogP contribution >= 0.6 is 11.3 Å². The van der Waals surface area contributed by atoms with E-state index in [0.717, 1.165) is 6.07 Å². The number of halogens is 3. The fourth-order valence-corrected chi connectivity index (χ4v) is 2.23. The first kappa shape index (κ1) is 16.0. The molecule has 2 amide bonds. The van der Waals surface area contributed by atoms with Crippen LogP contribution in [0.5, 0.6) is 0 Å². The van der Waals surface area contributed by atoms with Crippen LogP contribution in [0.3, 0.4) is 0 Å². The summed E-state index contributed by atoms with van der Waals surface area (Å²) < 4.78 is 37.5. The van der Waals surface area contributed by atoms with E-state index >= 15 is 0 Å². The van der Waals surface area contributed by atoms with Gasteiger partial charge < -0.3 is 0 Å². The maximum Gasteiger partial charge on any atom is 0.433 e. The Hall–Kier alpha value is -2.42. The van der Waals surface area contributed by atoms with Crippen molar-refractivity contribution in [3.63, 3.8) is 0 Å². The van der Waals surface area contributed by atoms with Gasteiger partial charge in [0.05, 0.1) is 16.1 Å². The molecule has 0 bridgehead atoms. The third-order valence-electron chi connectivity index (χ3n) is 2.66. The van der Waals surface area contributed by atoms with E-state index in [4.69, 9.17) is 0 Å². The van der Waals surface area contributed by atoms with E-state index in [0.29, 0.717) is 10.9 Å². The number of aromatic nitrogens is 1. The minimum atomic E-state index is -4.58. The lowest BCUT2D eigenvalue weighted by Crippen LogP contribution is -2.41. The molecule has 0 radical (unpaired) electrons. The van der Waals surface area contributed by atoms with Crippen LogP contribution in [-0.2, 0) is 6.18 Å². The standard InChI is InChI=1S/C13H10F3N3O2S/c1-7-8(4-5-10(17-7)13(14,15)16)11(20)18-19-12(21)9-3-2-6-22-9/h2-6H,1H3,(H,18,20)(H,19,21). The Morgan fingerprint density at radius 2 is 1.82 bits per heavy atom. The van der Waals surface area contributed by atoms with Crippen molar-refractivity contribution in [3.8, 4) is 0 Å². The number of nitrogens with zero attached hydrogens (tertiary/aromatic N) is 1. The summed E-state index contributed by atoms with van der Waals surface area (Å²) in [6, 6.07) is 4.96. The molecular formula is C13H10F3N3O2S. The number of carbonyl (C=O) groups excluding carboxylic acids is 2. The van der Waals surface area contributed by atoms with Gasteiger partial charge in [0.15, 0.2) is 0 Å². The summed E-state index contributed by atoms with van der Waals surface area (Å²) in [7, 11) is 0. The number of hydrogen-bond donors (Lipinski definition) is 2. The first-order valence-corrected chi connectivity index (χ1v) is 6.86. The predicted molar refractivity (Wildman–Crippen MR) is 73.2 cm³/mol. The van der Waals surface area contributed by atoms with Crippen LogP contribution in [0, 0.1) is 6.92 Å². The lowest BCUT2D eigenvalue weighted by molar-refractivity contribution is -0.141. The highest BCUT2D eigenvalue weighted by Crippen LogP contribution is 2.28. The van der Waals surface area contributed by atoms with E-state index in [1.165, 1.54) is 18.3 Å². The molecule has 0 spiro atoms. The molecule has 2 aromatic heterocycles. The molecule has 0 aliphatic carbocycles. The van der Waals surface area contributed by atoms with Crippen LogP contribution in [0.2, 0.25) is 0 Å². The SMILES string of the molecule is Cc1nc(C(F)(F)F)ccc1C(=O)NNC(=O)c1cccs1. The van der Waals surface area contributed by atoms with Crippen molar-refractivity contribution in [1.82, 2.24) is 15.8 Å². The van der Waals surface area contributed by atoms with Crippen LogP contribution < -0.4 is 10.9 Å². The van der Waals surface area contributed by atoms with Crippen LogP contribution in [0.1, 0.15) is 31.4 Å². The molecule has 0 unspecified atom stereocenters. The molecule has 5 nitrogen and oxygen atoms in total. The quantitative estimate of drug-likeness (QED) is 0.832. The highest BCUT2D eigenvalue weighted by atomic mass is 32.1. The molecule has 2 aromatic rings. The normalized spacial score (nSPS) is 11.1. The molecule has 9 heteroatoms. The van der Waals surface area contributed by atoms with Crippen molar-refractivity contribution >= 4 is 23.2 Å². The summed E-state index contributed by atoms with van der Waals surface area (Å²) in [4.78, 5) is 27.2. The van der Waals surface area contributed by atoms with Crippen molar-refractivity contribution in [1.29, 1.82) is 0 Å². The topological polar surface area (TPSA) is 71.1 Å². The van der Waals surface area contributed by atoms with E-state index in [1.54, 1.807) is 17.5 Å². The molecule has 0 saturated carbocycles. The van der Waals surface area contributed by atoms with Crippen molar-refractivity contribution in [2.24, 2.45) is 0 Å². The summed E-state index contributed by atoms with van der Waals surface area (Å²) in [5.41, 5.74) is 3.09. The van der Waals surface area contributed by atoms with E-state index in [9.17, 15) is 22.8 Å². The molecule has 0 aliphatic heterocycles. The summed E-state index contributed by atoms with van der Waals surface area (Å²) in [5.74, 6) is -1.26. The van der Waals surface area contributed by atoms with E-state index in [1.807, 2.05) is 0 Å². The van der Waals surface area contributed by atoms with Gasteiger partial charge in [0.2, 0.25) is 0 Å². The first-order chi connectivity index (χ1) is 10.3. The minimum Gasteiger partial charge on any atom is -0.267 e. The van der Waals surface area contributed by atoms with Gasteiger partial charge in [-0.2, -0.15) is 13.2 Å². The molecule has 22 heavy (non-hydrogen) atoms. The van der Waals surface area contributed by atoms with Crippen molar-refractivity contribution in [3.05, 3.63) is 51.5 Å². The monoisotopic (exact) mass is 329 g/mol. The number of hydrogen-bond acceptors (Lipinski definition) is 4. The van der Waals surface area contributed by atoms with Crippen molar-refractivity contribution < 1.29 is 22.8 Å². The third kappa shape index (κ3) is 3.61. The number of aryl methyl sites for hydroxylation is 1. The molecule has 2 N–H and O–H groups in total. The summed E-state index contributed by atoms with van der Waals surface area (Å²) in [5, 5.41) is 1.70. The fourth-order valence-electron chi connectivity index (χ4n) is 1.61. The third-order valence-corrected chi connectivity index (χ3v) is 3.52. The van der Waals surface area contributed by atoms with Crippen LogP contribution in [0.4, 0.5) is 13.2 Å².